The van der Waals surface area contributed by atoms with Crippen molar-refractivity contribution in [1.82, 2.24) is 10.6 Å². The fraction of sp³-hybridized carbons (Fsp3) is 0.533. The van der Waals surface area contributed by atoms with Gasteiger partial charge in [-0.3, -0.25) is 4.79 Å². The number of hydrogen-bond donors (Lipinski definition) is 2. The molecule has 3 nitrogen and oxygen atoms in total. The Kier molecular flexibility index (Phi) is 6.20. The van der Waals surface area contributed by atoms with Crippen molar-refractivity contribution in [2.24, 2.45) is 0 Å². The number of rotatable bonds is 7. The van der Waals surface area contributed by atoms with Gasteiger partial charge in [-0.15, -0.1) is 0 Å². The van der Waals surface area contributed by atoms with Gasteiger partial charge in [0.1, 0.15) is 6.54 Å². The Morgan fingerprint density at radius 3 is 2.33 bits per heavy atom. The maximum absolute atomic E-state index is 12.0. The van der Waals surface area contributed by atoms with Crippen molar-refractivity contribution in [1.29, 1.82) is 0 Å². The van der Waals surface area contributed by atoms with Crippen molar-refractivity contribution in [3.05, 3.63) is 35.9 Å². The molecule has 0 bridgehead atoms. The number of nitrogens with one attached hydrogen (secondary N) is 2. The second-order valence-corrected chi connectivity index (χ2v) is 5.61. The van der Waals surface area contributed by atoms with E-state index in [1.165, 1.54) is 5.56 Å². The lowest BCUT2D eigenvalue weighted by atomic mass is 9.95. The second kappa shape index (κ2) is 7.45. The minimum atomic E-state index is -4.38. The van der Waals surface area contributed by atoms with Crippen molar-refractivity contribution in [3.8, 4) is 0 Å². The Balaban J connectivity index is 2.30. The number of hydrogen-bond acceptors (Lipinski definition) is 2. The molecule has 118 valence electrons. The van der Waals surface area contributed by atoms with E-state index in [4.69, 9.17) is 0 Å². The summed E-state index contributed by atoms with van der Waals surface area (Å²) in [5.41, 5.74) is 0.861. The Morgan fingerprint density at radius 1 is 1.14 bits per heavy atom. The van der Waals surface area contributed by atoms with E-state index in [1.807, 2.05) is 49.5 Å². The predicted molar refractivity (Wildman–Crippen MR) is 75.9 cm³/mol. The highest BCUT2D eigenvalue weighted by Crippen LogP contribution is 2.14. The average Bonchev–Trinajstić information content (AvgIpc) is 2.41. The molecule has 0 atom stereocenters. The van der Waals surface area contributed by atoms with Crippen LogP contribution in [0.4, 0.5) is 13.2 Å². The predicted octanol–water partition coefficient (Wildman–Crippen LogP) is 2.67. The SMILES string of the molecule is CC(C)(CCc1ccccc1)NCC(=O)NCC(F)(F)F. The van der Waals surface area contributed by atoms with E-state index in [9.17, 15) is 18.0 Å². The summed E-state index contributed by atoms with van der Waals surface area (Å²) in [6.07, 6.45) is -2.76. The van der Waals surface area contributed by atoms with Crippen LogP contribution >= 0.6 is 0 Å². The first-order valence-corrected chi connectivity index (χ1v) is 6.80. The Hall–Kier alpha value is -1.56. The van der Waals surface area contributed by atoms with Gasteiger partial charge >= 0.3 is 6.18 Å². The summed E-state index contributed by atoms with van der Waals surface area (Å²) in [6, 6.07) is 9.90. The molecule has 0 heterocycles. The number of aryl methyl sites for hydroxylation is 1. The topological polar surface area (TPSA) is 41.1 Å². The zero-order chi connectivity index (χ0) is 15.9. The van der Waals surface area contributed by atoms with Crippen LogP contribution in [0.5, 0.6) is 0 Å². The molecule has 0 saturated carbocycles. The molecule has 0 radical (unpaired) electrons. The molecular weight excluding hydrogens is 281 g/mol. The van der Waals surface area contributed by atoms with Crippen LogP contribution in [-0.2, 0) is 11.2 Å². The van der Waals surface area contributed by atoms with Crippen LogP contribution in [0.15, 0.2) is 30.3 Å². The van der Waals surface area contributed by atoms with E-state index < -0.39 is 18.6 Å². The molecule has 0 aliphatic rings. The van der Waals surface area contributed by atoms with Crippen molar-refractivity contribution in [2.75, 3.05) is 13.1 Å². The van der Waals surface area contributed by atoms with Gasteiger partial charge in [0.15, 0.2) is 0 Å². The van der Waals surface area contributed by atoms with Gasteiger partial charge in [0.2, 0.25) is 5.91 Å². The molecule has 0 aliphatic heterocycles. The number of carbonyl (C=O) groups is 1. The lowest BCUT2D eigenvalue weighted by Gasteiger charge is -2.26. The van der Waals surface area contributed by atoms with Gasteiger partial charge in [-0.05, 0) is 32.3 Å². The van der Waals surface area contributed by atoms with Crippen LogP contribution in [0.2, 0.25) is 0 Å². The van der Waals surface area contributed by atoms with Gasteiger partial charge in [0, 0.05) is 5.54 Å². The largest absolute Gasteiger partial charge is 0.405 e. The maximum atomic E-state index is 12.0. The lowest BCUT2D eigenvalue weighted by molar-refractivity contribution is -0.138. The highest BCUT2D eigenvalue weighted by Gasteiger charge is 2.28. The second-order valence-electron chi connectivity index (χ2n) is 5.61. The molecule has 0 spiro atoms. The number of amides is 1. The number of carbonyl (C=O) groups excluding carboxylic acids is 1. The van der Waals surface area contributed by atoms with Crippen LogP contribution in [0.25, 0.3) is 0 Å². The number of alkyl halides is 3. The van der Waals surface area contributed by atoms with E-state index in [2.05, 4.69) is 5.32 Å². The summed E-state index contributed by atoms with van der Waals surface area (Å²) in [4.78, 5) is 11.3. The first kappa shape index (κ1) is 17.5. The van der Waals surface area contributed by atoms with Gasteiger partial charge in [-0.25, -0.2) is 0 Å². The maximum Gasteiger partial charge on any atom is 0.405 e. The third-order valence-electron chi connectivity index (χ3n) is 3.10. The zero-order valence-corrected chi connectivity index (χ0v) is 12.3. The summed E-state index contributed by atoms with van der Waals surface area (Å²) in [5.74, 6) is -0.653. The normalized spacial score (nSPS) is 12.2. The first-order chi connectivity index (χ1) is 9.68. The van der Waals surface area contributed by atoms with E-state index in [-0.39, 0.29) is 12.1 Å². The van der Waals surface area contributed by atoms with Gasteiger partial charge in [0.05, 0.1) is 6.54 Å². The van der Waals surface area contributed by atoms with Crippen LogP contribution in [0, 0.1) is 0 Å². The van der Waals surface area contributed by atoms with Crippen molar-refractivity contribution < 1.29 is 18.0 Å². The smallest absolute Gasteiger partial charge is 0.346 e. The summed E-state index contributed by atoms with van der Waals surface area (Å²) in [5, 5.41) is 4.83. The highest BCUT2D eigenvalue weighted by molar-refractivity contribution is 5.78. The van der Waals surface area contributed by atoms with Crippen LogP contribution < -0.4 is 10.6 Å². The summed E-state index contributed by atoms with van der Waals surface area (Å²) >= 11 is 0. The molecule has 21 heavy (non-hydrogen) atoms. The quantitative estimate of drug-likeness (QED) is 0.813. The molecule has 1 aromatic rings. The molecule has 6 heteroatoms. The summed E-state index contributed by atoms with van der Waals surface area (Å²) < 4.78 is 35.9. The summed E-state index contributed by atoms with van der Waals surface area (Å²) in [6.45, 7) is 2.43. The highest BCUT2D eigenvalue weighted by atomic mass is 19.4. The fourth-order valence-corrected chi connectivity index (χ4v) is 1.77. The molecule has 0 aliphatic carbocycles. The summed E-state index contributed by atoms with van der Waals surface area (Å²) in [7, 11) is 0. The monoisotopic (exact) mass is 302 g/mol. The van der Waals surface area contributed by atoms with Crippen molar-refractivity contribution in [2.45, 2.75) is 38.4 Å². The minimum Gasteiger partial charge on any atom is -0.346 e. The third-order valence-corrected chi connectivity index (χ3v) is 3.10. The van der Waals surface area contributed by atoms with E-state index in [1.54, 1.807) is 0 Å². The Labute approximate surface area is 122 Å². The van der Waals surface area contributed by atoms with Gasteiger partial charge in [0.25, 0.3) is 0 Å². The molecule has 1 amide bonds. The Morgan fingerprint density at radius 2 is 1.76 bits per heavy atom. The standard InChI is InChI=1S/C15H21F3N2O/c1-14(2,9-8-12-6-4-3-5-7-12)20-10-13(21)19-11-15(16,17)18/h3-7,20H,8-11H2,1-2H3,(H,19,21). The van der Waals surface area contributed by atoms with Gasteiger partial charge in [-0.2, -0.15) is 13.2 Å². The number of benzene rings is 1. The minimum absolute atomic E-state index is 0.127. The molecular formula is C15H21F3N2O. The van der Waals surface area contributed by atoms with Gasteiger partial charge in [-0.1, -0.05) is 30.3 Å². The molecule has 0 saturated heterocycles. The molecule has 0 aromatic heterocycles. The molecule has 2 N–H and O–H groups in total. The van der Waals surface area contributed by atoms with Crippen molar-refractivity contribution >= 4 is 5.91 Å². The molecule has 1 aromatic carbocycles. The van der Waals surface area contributed by atoms with Crippen molar-refractivity contribution in [3.63, 3.8) is 0 Å². The molecule has 1 rings (SSSR count). The lowest BCUT2D eigenvalue weighted by Crippen LogP contribution is -2.47. The van der Waals surface area contributed by atoms with Gasteiger partial charge < -0.3 is 10.6 Å². The van der Waals surface area contributed by atoms with E-state index in [0.717, 1.165) is 12.8 Å². The van der Waals surface area contributed by atoms with E-state index >= 15 is 0 Å². The van der Waals surface area contributed by atoms with Crippen LogP contribution in [0.3, 0.4) is 0 Å². The fourth-order valence-electron chi connectivity index (χ4n) is 1.77. The molecule has 0 unspecified atom stereocenters. The number of halogens is 3. The first-order valence-electron chi connectivity index (χ1n) is 6.80. The zero-order valence-electron chi connectivity index (χ0n) is 12.3. The third kappa shape index (κ3) is 8.34. The van der Waals surface area contributed by atoms with Crippen LogP contribution in [0.1, 0.15) is 25.8 Å². The average molecular weight is 302 g/mol. The Bertz CT molecular complexity index is 444. The van der Waals surface area contributed by atoms with E-state index in [0.29, 0.717) is 0 Å². The van der Waals surface area contributed by atoms with Crippen LogP contribution in [-0.4, -0.2) is 30.7 Å². The molecule has 0 fully saturated rings.